The van der Waals surface area contributed by atoms with Crippen LogP contribution in [0.1, 0.15) is 12.4 Å². The Morgan fingerprint density at radius 1 is 1.69 bits per heavy atom. The summed E-state index contributed by atoms with van der Waals surface area (Å²) in [5, 5.41) is 0. The number of pyridine rings is 1. The molecule has 0 aromatic carbocycles. The molecule has 0 radical (unpaired) electrons. The first-order valence-electron chi connectivity index (χ1n) is 5.36. The molecule has 0 bridgehead atoms. The van der Waals surface area contributed by atoms with E-state index in [4.69, 9.17) is 6.85 Å². The summed E-state index contributed by atoms with van der Waals surface area (Å²) >= 11 is 1.20. The quantitative estimate of drug-likeness (QED) is 0.744. The maximum atomic E-state index is 12.6. The van der Waals surface area contributed by atoms with Crippen LogP contribution < -0.4 is 4.74 Å². The van der Waals surface area contributed by atoms with Crippen LogP contribution in [0.2, 0.25) is 0 Å². The molecule has 0 N–H and O–H groups in total. The number of hydrogen-bond acceptors (Lipinski definition) is 2. The smallest absolute Gasteiger partial charge is 0.418 e. The normalized spacial score (nSPS) is 18.0. The van der Waals surface area contributed by atoms with Gasteiger partial charge in [0.15, 0.2) is 0 Å². The van der Waals surface area contributed by atoms with E-state index in [1.54, 1.807) is 0 Å². The molecule has 13 heavy (non-hydrogen) atoms. The van der Waals surface area contributed by atoms with Crippen molar-refractivity contribution in [3.8, 4) is 5.88 Å². The van der Waals surface area contributed by atoms with E-state index in [1.165, 1.54) is 22.6 Å². The van der Waals surface area contributed by atoms with Crippen molar-refractivity contribution in [1.82, 2.24) is 4.98 Å². The lowest BCUT2D eigenvalue weighted by Crippen LogP contribution is -2.08. The first kappa shape index (κ1) is 5.38. The average molecular weight is 308 g/mol. The summed E-state index contributed by atoms with van der Waals surface area (Å²) in [6, 6.07) is -0.810. The van der Waals surface area contributed by atoms with Crippen LogP contribution in [0.4, 0.5) is 13.2 Å². The summed E-state index contributed by atoms with van der Waals surface area (Å²) in [6.45, 7) is 0. The van der Waals surface area contributed by atoms with Crippen LogP contribution >= 0.6 is 22.6 Å². The molecule has 1 rings (SSSR count). The fourth-order valence-electron chi connectivity index (χ4n) is 0.576. The molecule has 0 aliphatic carbocycles. The topological polar surface area (TPSA) is 22.1 Å². The second kappa shape index (κ2) is 3.69. The number of alkyl halides is 3. The minimum atomic E-state index is -4.84. The van der Waals surface area contributed by atoms with Gasteiger partial charge in [-0.3, -0.25) is 0 Å². The summed E-state index contributed by atoms with van der Waals surface area (Å²) < 4.78 is 76.2. The van der Waals surface area contributed by atoms with Crippen molar-refractivity contribution in [3.63, 3.8) is 0 Å². The molecule has 0 atom stereocenters. The van der Waals surface area contributed by atoms with Crippen LogP contribution in [-0.4, -0.2) is 12.0 Å². The maximum Gasteiger partial charge on any atom is 0.418 e. The Kier molecular flexibility index (Phi) is 1.52. The predicted octanol–water partition coefficient (Wildman–Crippen LogP) is 2.71. The molecule has 6 heteroatoms. The first-order chi connectivity index (χ1) is 7.93. The van der Waals surface area contributed by atoms with E-state index in [9.17, 15) is 13.2 Å². The monoisotopic (exact) mass is 308 g/mol. The molecule has 1 aromatic rings. The van der Waals surface area contributed by atoms with Crippen molar-refractivity contribution in [2.45, 2.75) is 6.18 Å². The van der Waals surface area contributed by atoms with E-state index in [1.807, 2.05) is 0 Å². The second-order valence-electron chi connectivity index (χ2n) is 1.94. The molecule has 0 aliphatic rings. The number of methoxy groups -OCH3 is 1. The summed E-state index contributed by atoms with van der Waals surface area (Å²) in [6.07, 6.45) is -6.02. The summed E-state index contributed by atoms with van der Waals surface area (Å²) in [4.78, 5) is 3.06. The van der Waals surface area contributed by atoms with E-state index in [-0.39, 0.29) is 0 Å². The Labute approximate surface area is 93.3 Å². The van der Waals surface area contributed by atoms with Crippen LogP contribution in [0, 0.1) is 3.57 Å². The number of ether oxygens (including phenoxy) is 1. The molecule has 0 saturated heterocycles. The zero-order chi connectivity index (χ0) is 14.3. The zero-order valence-electron chi connectivity index (χ0n) is 10.9. The van der Waals surface area contributed by atoms with E-state index in [0.717, 1.165) is 0 Å². The van der Waals surface area contributed by atoms with Gasteiger partial charge in [0.1, 0.15) is 0 Å². The highest BCUT2D eigenvalue weighted by molar-refractivity contribution is 14.1. The van der Waals surface area contributed by atoms with Crippen LogP contribution in [0.15, 0.2) is 12.2 Å². The minimum absolute atomic E-state index is 0.626. The average Bonchev–Trinajstić information content (AvgIpc) is 2.08. The van der Waals surface area contributed by atoms with Crippen molar-refractivity contribution in [3.05, 3.63) is 21.3 Å². The van der Waals surface area contributed by atoms with Crippen LogP contribution in [0.3, 0.4) is 0 Å². The van der Waals surface area contributed by atoms with Crippen molar-refractivity contribution in [1.29, 1.82) is 0 Å². The van der Waals surface area contributed by atoms with Crippen molar-refractivity contribution in [2.24, 2.45) is 0 Å². The Morgan fingerprint density at radius 2 is 2.38 bits per heavy atom. The predicted molar refractivity (Wildman–Crippen MR) is 48.5 cm³/mol. The van der Waals surface area contributed by atoms with Crippen molar-refractivity contribution >= 4 is 22.6 Å². The number of rotatable bonds is 1. The fourth-order valence-corrected chi connectivity index (χ4v) is 1.23. The number of hydrogen-bond donors (Lipinski definition) is 0. The molecule has 0 aliphatic heterocycles. The lowest BCUT2D eigenvalue weighted by Gasteiger charge is -2.08. The van der Waals surface area contributed by atoms with Gasteiger partial charge in [-0.05, 0) is 22.6 Å². The van der Waals surface area contributed by atoms with Crippen LogP contribution in [0.25, 0.3) is 0 Å². The van der Waals surface area contributed by atoms with E-state index in [2.05, 4.69) is 9.72 Å². The third kappa shape index (κ3) is 2.45. The van der Waals surface area contributed by atoms with Gasteiger partial charge >= 0.3 is 6.18 Å². The van der Waals surface area contributed by atoms with Gasteiger partial charge in [0.2, 0.25) is 5.88 Å². The summed E-state index contributed by atoms with van der Waals surface area (Å²) in [5.41, 5.74) is -1.38. The summed E-state index contributed by atoms with van der Waals surface area (Å²) in [5.74, 6) is -0.822. The van der Waals surface area contributed by atoms with E-state index in [0.29, 0.717) is 0 Å². The van der Waals surface area contributed by atoms with Gasteiger partial charge in [-0.25, -0.2) is 4.98 Å². The van der Waals surface area contributed by atoms with Gasteiger partial charge in [0, 0.05) is 15.8 Å². The van der Waals surface area contributed by atoms with Gasteiger partial charge in [0.05, 0.1) is 19.5 Å². The highest BCUT2D eigenvalue weighted by atomic mass is 127. The van der Waals surface area contributed by atoms with Gasteiger partial charge < -0.3 is 4.74 Å². The zero-order valence-corrected chi connectivity index (χ0v) is 8.02. The lowest BCUT2D eigenvalue weighted by atomic mass is 10.3. The molecule has 0 amide bonds. The number of nitrogens with zero attached hydrogens (tertiary/aromatic N) is 1. The first-order valence-corrected chi connectivity index (χ1v) is 3.94. The molecular weight excluding hydrogens is 298 g/mol. The molecule has 1 heterocycles. The minimum Gasteiger partial charge on any atom is -0.481 e. The van der Waals surface area contributed by atoms with Gasteiger partial charge in [0.25, 0.3) is 0 Å². The molecule has 0 spiro atoms. The SMILES string of the molecule is [2H]c1nc(OC([2H])([2H])[2H])c([2H])c(I)c1C(F)(F)F. The third-order valence-corrected chi connectivity index (χ3v) is 1.89. The number of aromatic nitrogens is 1. The largest absolute Gasteiger partial charge is 0.481 e. The highest BCUT2D eigenvalue weighted by Crippen LogP contribution is 2.33. The van der Waals surface area contributed by atoms with Crippen molar-refractivity contribution in [2.75, 3.05) is 7.04 Å². The van der Waals surface area contributed by atoms with E-state index < -0.39 is 40.4 Å². The third-order valence-electron chi connectivity index (χ3n) is 1.09. The van der Waals surface area contributed by atoms with Gasteiger partial charge in [-0.2, -0.15) is 13.2 Å². The molecule has 72 valence electrons. The number of halogens is 4. The Hall–Kier alpha value is -0.530. The van der Waals surface area contributed by atoms with Crippen molar-refractivity contribution < 1.29 is 24.8 Å². The molecule has 2 nitrogen and oxygen atoms in total. The van der Waals surface area contributed by atoms with Gasteiger partial charge in [-0.15, -0.1) is 0 Å². The molecule has 0 fully saturated rings. The lowest BCUT2D eigenvalue weighted by molar-refractivity contribution is -0.138. The standard InChI is InChI=1S/C7H5F3INO/c1-13-6-2-5(11)4(3-12-6)7(8,9)10/h2-3H,1H3/i1D3,2D,3D. The second-order valence-corrected chi connectivity index (χ2v) is 3.02. The Morgan fingerprint density at radius 3 is 2.92 bits per heavy atom. The molecular formula is C7H5F3INO. The summed E-state index contributed by atoms with van der Waals surface area (Å²) in [7, 11) is -2.95. The molecule has 1 aromatic heterocycles. The molecule has 0 saturated carbocycles. The van der Waals surface area contributed by atoms with Gasteiger partial charge in [-0.1, -0.05) is 0 Å². The Bertz CT molecular complexity index is 476. The highest BCUT2D eigenvalue weighted by Gasteiger charge is 2.33. The Balaban J connectivity index is 3.38. The van der Waals surface area contributed by atoms with Crippen LogP contribution in [-0.2, 0) is 6.18 Å². The molecule has 0 unspecified atom stereocenters. The fraction of sp³-hybridized carbons (Fsp3) is 0.286. The van der Waals surface area contributed by atoms with E-state index >= 15 is 0 Å². The van der Waals surface area contributed by atoms with Crippen LogP contribution in [0.5, 0.6) is 5.88 Å². The maximum absolute atomic E-state index is 12.6.